The number of carbonyl (C=O) groups is 1. The summed E-state index contributed by atoms with van der Waals surface area (Å²) in [5, 5.41) is 3.33. The number of guanidine groups is 1. The van der Waals surface area contributed by atoms with Gasteiger partial charge in [-0.1, -0.05) is 0 Å². The van der Waals surface area contributed by atoms with Crippen molar-refractivity contribution in [3.8, 4) is 11.5 Å². The lowest BCUT2D eigenvalue weighted by Crippen LogP contribution is -2.40. The number of halogens is 1. The number of ether oxygens (including phenoxy) is 2. The van der Waals surface area contributed by atoms with Crippen molar-refractivity contribution in [2.45, 2.75) is 19.9 Å². The number of hydrogen-bond donors (Lipinski definition) is 1. The number of aliphatic imine (C=N–C) groups is 1. The lowest BCUT2D eigenvalue weighted by molar-refractivity contribution is -0.127. The lowest BCUT2D eigenvalue weighted by atomic mass is 10.1. The van der Waals surface area contributed by atoms with Gasteiger partial charge in [-0.3, -0.25) is 4.79 Å². The molecule has 0 fully saturated rings. The quantitative estimate of drug-likeness (QED) is 0.297. The second-order valence-electron chi connectivity index (χ2n) is 7.17. The minimum Gasteiger partial charge on any atom is -0.493 e. The SMILES string of the molecule is COc1cc(C)c(CN(C)C(=NCC(=O)N(C)C)NCCc2ccco2)cc1OC.I. The highest BCUT2D eigenvalue weighted by molar-refractivity contribution is 14.0. The van der Waals surface area contributed by atoms with Crippen molar-refractivity contribution in [2.75, 3.05) is 48.5 Å². The number of benzene rings is 1. The fourth-order valence-corrected chi connectivity index (χ4v) is 2.87. The van der Waals surface area contributed by atoms with Crippen LogP contribution in [0.1, 0.15) is 16.9 Å². The minimum atomic E-state index is -0.0592. The van der Waals surface area contributed by atoms with Crippen LogP contribution in [0, 0.1) is 6.92 Å². The molecular formula is C22H33IN4O4. The maximum Gasteiger partial charge on any atom is 0.243 e. The Labute approximate surface area is 201 Å². The Hall–Kier alpha value is -2.43. The smallest absolute Gasteiger partial charge is 0.243 e. The molecule has 0 saturated heterocycles. The Balaban J connectivity index is 0.00000480. The number of methoxy groups -OCH3 is 2. The van der Waals surface area contributed by atoms with Crippen LogP contribution in [-0.2, 0) is 17.8 Å². The van der Waals surface area contributed by atoms with Gasteiger partial charge in [0.05, 0.1) is 20.5 Å². The van der Waals surface area contributed by atoms with Crippen molar-refractivity contribution in [2.24, 2.45) is 4.99 Å². The summed E-state index contributed by atoms with van der Waals surface area (Å²) in [7, 11) is 8.63. The van der Waals surface area contributed by atoms with Crippen molar-refractivity contribution >= 4 is 35.8 Å². The molecule has 0 aliphatic rings. The third-order valence-corrected chi connectivity index (χ3v) is 4.71. The largest absolute Gasteiger partial charge is 0.493 e. The van der Waals surface area contributed by atoms with Gasteiger partial charge in [0.2, 0.25) is 5.91 Å². The molecule has 1 amide bonds. The molecule has 8 nitrogen and oxygen atoms in total. The van der Waals surface area contributed by atoms with E-state index in [-0.39, 0.29) is 36.4 Å². The highest BCUT2D eigenvalue weighted by atomic mass is 127. The van der Waals surface area contributed by atoms with Gasteiger partial charge in [0.25, 0.3) is 0 Å². The molecule has 0 spiro atoms. The van der Waals surface area contributed by atoms with E-state index in [4.69, 9.17) is 13.9 Å². The molecule has 0 aliphatic carbocycles. The van der Waals surface area contributed by atoms with E-state index in [1.54, 1.807) is 34.6 Å². The summed E-state index contributed by atoms with van der Waals surface area (Å²) in [6, 6.07) is 7.73. The Kier molecular flexibility index (Phi) is 11.2. The summed E-state index contributed by atoms with van der Waals surface area (Å²) in [6.45, 7) is 3.33. The molecule has 2 rings (SSSR count). The first-order valence-electron chi connectivity index (χ1n) is 9.79. The molecule has 1 aromatic carbocycles. The van der Waals surface area contributed by atoms with Crippen LogP contribution in [0.25, 0.3) is 0 Å². The lowest BCUT2D eigenvalue weighted by Gasteiger charge is -2.24. The third-order valence-electron chi connectivity index (χ3n) is 4.71. The van der Waals surface area contributed by atoms with Gasteiger partial charge in [0.15, 0.2) is 17.5 Å². The molecule has 1 aromatic heterocycles. The van der Waals surface area contributed by atoms with Gasteiger partial charge >= 0.3 is 0 Å². The molecule has 172 valence electrons. The van der Waals surface area contributed by atoms with Crippen LogP contribution in [0.5, 0.6) is 11.5 Å². The minimum absolute atomic E-state index is 0. The van der Waals surface area contributed by atoms with Crippen molar-refractivity contribution in [1.82, 2.24) is 15.1 Å². The molecule has 1 heterocycles. The number of furan rings is 1. The molecule has 0 saturated carbocycles. The van der Waals surface area contributed by atoms with E-state index in [1.165, 1.54) is 4.90 Å². The molecule has 0 radical (unpaired) electrons. The number of hydrogen-bond acceptors (Lipinski definition) is 5. The second kappa shape index (κ2) is 13.1. The molecule has 0 bridgehead atoms. The van der Waals surface area contributed by atoms with Crippen LogP contribution in [-0.4, -0.2) is 70.1 Å². The van der Waals surface area contributed by atoms with Gasteiger partial charge < -0.3 is 29.0 Å². The van der Waals surface area contributed by atoms with Gasteiger partial charge in [-0.05, 0) is 42.3 Å². The number of nitrogens with one attached hydrogen (secondary N) is 1. The van der Waals surface area contributed by atoms with E-state index in [9.17, 15) is 4.79 Å². The third kappa shape index (κ3) is 7.97. The second-order valence-corrected chi connectivity index (χ2v) is 7.17. The van der Waals surface area contributed by atoms with E-state index in [0.717, 1.165) is 23.3 Å². The standard InChI is InChI=1S/C22H32N4O4.HI/c1-16-12-19(28-5)20(29-6)13-17(16)15-26(4)22(24-14-21(27)25(2)3)23-10-9-18-8-7-11-30-18;/h7-8,11-13H,9-10,14-15H2,1-6H3,(H,23,24);1H. The normalized spacial score (nSPS) is 10.8. The molecule has 9 heteroatoms. The monoisotopic (exact) mass is 544 g/mol. The van der Waals surface area contributed by atoms with Gasteiger partial charge in [-0.25, -0.2) is 4.99 Å². The molecule has 0 aliphatic heterocycles. The number of nitrogens with zero attached hydrogens (tertiary/aromatic N) is 3. The van der Waals surface area contributed by atoms with Crippen LogP contribution in [0.3, 0.4) is 0 Å². The average Bonchev–Trinajstić information content (AvgIpc) is 3.24. The van der Waals surface area contributed by atoms with E-state index < -0.39 is 0 Å². The zero-order valence-electron chi connectivity index (χ0n) is 19.1. The maximum atomic E-state index is 12.0. The fourth-order valence-electron chi connectivity index (χ4n) is 2.87. The Morgan fingerprint density at radius 3 is 2.42 bits per heavy atom. The van der Waals surface area contributed by atoms with Crippen molar-refractivity contribution in [3.63, 3.8) is 0 Å². The number of rotatable bonds is 9. The van der Waals surface area contributed by atoms with Gasteiger partial charge in [-0.15, -0.1) is 24.0 Å². The molecule has 31 heavy (non-hydrogen) atoms. The Morgan fingerprint density at radius 1 is 1.16 bits per heavy atom. The fraction of sp³-hybridized carbons (Fsp3) is 0.455. The van der Waals surface area contributed by atoms with Crippen LogP contribution in [0.15, 0.2) is 39.9 Å². The van der Waals surface area contributed by atoms with Crippen molar-refractivity contribution in [1.29, 1.82) is 0 Å². The Bertz CT molecular complexity index is 853. The zero-order valence-corrected chi connectivity index (χ0v) is 21.4. The number of aryl methyl sites for hydroxylation is 1. The van der Waals surface area contributed by atoms with E-state index in [0.29, 0.717) is 30.5 Å². The van der Waals surface area contributed by atoms with Gasteiger partial charge in [0.1, 0.15) is 12.3 Å². The van der Waals surface area contributed by atoms with Crippen molar-refractivity contribution in [3.05, 3.63) is 47.4 Å². The maximum absolute atomic E-state index is 12.0. The van der Waals surface area contributed by atoms with Crippen LogP contribution in [0.4, 0.5) is 0 Å². The highest BCUT2D eigenvalue weighted by Gasteiger charge is 2.14. The number of amides is 1. The number of carbonyl (C=O) groups excluding carboxylic acids is 1. The summed E-state index contributed by atoms with van der Waals surface area (Å²) < 4.78 is 16.2. The van der Waals surface area contributed by atoms with Crippen LogP contribution in [0.2, 0.25) is 0 Å². The first-order chi connectivity index (χ1) is 14.3. The Morgan fingerprint density at radius 2 is 1.84 bits per heavy atom. The first-order valence-corrected chi connectivity index (χ1v) is 9.79. The molecule has 0 atom stereocenters. The predicted octanol–water partition coefficient (Wildman–Crippen LogP) is 2.93. The van der Waals surface area contributed by atoms with E-state index in [2.05, 4.69) is 10.3 Å². The summed E-state index contributed by atoms with van der Waals surface area (Å²) >= 11 is 0. The summed E-state index contributed by atoms with van der Waals surface area (Å²) in [4.78, 5) is 20.1. The summed E-state index contributed by atoms with van der Waals surface area (Å²) in [6.07, 6.45) is 2.38. The first kappa shape index (κ1) is 26.6. The molecule has 2 aromatic rings. The van der Waals surface area contributed by atoms with Gasteiger partial charge in [0, 0.05) is 40.7 Å². The number of likely N-dealkylation sites (N-methyl/N-ethyl adjacent to an activating group) is 1. The van der Waals surface area contributed by atoms with Crippen LogP contribution < -0.4 is 14.8 Å². The molecule has 1 N–H and O–H groups in total. The van der Waals surface area contributed by atoms with Gasteiger partial charge in [-0.2, -0.15) is 0 Å². The average molecular weight is 544 g/mol. The van der Waals surface area contributed by atoms with Crippen LogP contribution >= 0.6 is 24.0 Å². The van der Waals surface area contributed by atoms with Crippen molar-refractivity contribution < 1.29 is 18.7 Å². The van der Waals surface area contributed by atoms with E-state index in [1.807, 2.05) is 43.1 Å². The molecule has 0 unspecified atom stereocenters. The summed E-state index contributed by atoms with van der Waals surface area (Å²) in [5.74, 6) is 2.86. The topological polar surface area (TPSA) is 79.5 Å². The van der Waals surface area contributed by atoms with E-state index >= 15 is 0 Å². The predicted molar refractivity (Wildman–Crippen MR) is 133 cm³/mol. The highest BCUT2D eigenvalue weighted by Crippen LogP contribution is 2.30. The zero-order chi connectivity index (χ0) is 22.1. The summed E-state index contributed by atoms with van der Waals surface area (Å²) in [5.41, 5.74) is 2.16. The molecular weight excluding hydrogens is 511 g/mol.